The molecule has 0 spiro atoms. The van der Waals surface area contributed by atoms with Crippen molar-refractivity contribution >= 4 is 0 Å². The zero-order valence-electron chi connectivity index (χ0n) is 8.80. The van der Waals surface area contributed by atoms with E-state index in [0.29, 0.717) is 17.7 Å². The molecule has 1 aromatic carbocycles. The molecule has 0 fully saturated rings. The van der Waals surface area contributed by atoms with Gasteiger partial charge in [-0.25, -0.2) is 8.78 Å². The van der Waals surface area contributed by atoms with Gasteiger partial charge in [-0.1, -0.05) is 6.07 Å². The molecule has 1 aromatic heterocycles. The fourth-order valence-electron chi connectivity index (χ4n) is 1.54. The molecule has 0 amide bonds. The van der Waals surface area contributed by atoms with Crippen molar-refractivity contribution in [2.75, 3.05) is 0 Å². The number of pyridine rings is 1. The van der Waals surface area contributed by atoms with Crippen molar-refractivity contribution in [3.8, 4) is 11.1 Å². The van der Waals surface area contributed by atoms with Gasteiger partial charge in [0.05, 0.1) is 0 Å². The van der Waals surface area contributed by atoms with Gasteiger partial charge in [-0.15, -0.1) is 0 Å². The Morgan fingerprint density at radius 3 is 2.00 bits per heavy atom. The van der Waals surface area contributed by atoms with E-state index in [9.17, 15) is 22.0 Å². The first-order valence-electron chi connectivity index (χ1n) is 4.86. The minimum absolute atomic E-state index is 0.00565. The Bertz CT molecular complexity index is 539. The van der Waals surface area contributed by atoms with Crippen LogP contribution in [0.1, 0.15) is 5.56 Å². The fraction of sp³-hybridized carbons (Fsp3) is 0.0833. The summed E-state index contributed by atoms with van der Waals surface area (Å²) >= 11 is 0. The summed E-state index contributed by atoms with van der Waals surface area (Å²) in [5.41, 5.74) is -1.54. The van der Waals surface area contributed by atoms with E-state index in [1.54, 1.807) is 0 Å². The first-order chi connectivity index (χ1) is 8.39. The largest absolute Gasteiger partial charge is 0.422 e. The predicted octanol–water partition coefficient (Wildman–Crippen LogP) is 4.05. The number of rotatable bonds is 1. The minimum Gasteiger partial charge on any atom is -0.264 e. The van der Waals surface area contributed by atoms with E-state index in [2.05, 4.69) is 4.98 Å². The molecule has 0 radical (unpaired) electrons. The average Bonchev–Trinajstić information content (AvgIpc) is 2.27. The van der Waals surface area contributed by atoms with Crippen LogP contribution in [0.15, 0.2) is 36.7 Å². The van der Waals surface area contributed by atoms with Crippen molar-refractivity contribution < 1.29 is 22.0 Å². The zero-order valence-corrected chi connectivity index (χ0v) is 8.80. The highest BCUT2D eigenvalue weighted by Gasteiger charge is 2.37. The van der Waals surface area contributed by atoms with Gasteiger partial charge in [-0.2, -0.15) is 13.2 Å². The number of benzene rings is 1. The quantitative estimate of drug-likeness (QED) is 0.704. The standard InChI is InChI=1S/C12H6F5N/c13-9-4-8(7-2-1-3-18-6-7)5-10(14)11(9)12(15,16)17/h1-6H. The van der Waals surface area contributed by atoms with E-state index in [1.165, 1.54) is 24.5 Å². The molecular weight excluding hydrogens is 253 g/mol. The van der Waals surface area contributed by atoms with Gasteiger partial charge in [0.15, 0.2) is 0 Å². The van der Waals surface area contributed by atoms with Crippen LogP contribution < -0.4 is 0 Å². The summed E-state index contributed by atoms with van der Waals surface area (Å²) in [7, 11) is 0. The molecule has 0 bridgehead atoms. The van der Waals surface area contributed by atoms with Gasteiger partial charge in [0.25, 0.3) is 0 Å². The Hall–Kier alpha value is -1.98. The van der Waals surface area contributed by atoms with E-state index in [1.807, 2.05) is 0 Å². The summed E-state index contributed by atoms with van der Waals surface area (Å²) in [4.78, 5) is 3.72. The number of alkyl halides is 3. The Morgan fingerprint density at radius 2 is 1.56 bits per heavy atom. The van der Waals surface area contributed by atoms with Gasteiger partial charge in [-0.3, -0.25) is 4.98 Å². The molecule has 18 heavy (non-hydrogen) atoms. The highest BCUT2D eigenvalue weighted by Crippen LogP contribution is 2.35. The molecule has 1 nitrogen and oxygen atoms in total. The molecule has 0 N–H and O–H groups in total. The van der Waals surface area contributed by atoms with Gasteiger partial charge >= 0.3 is 6.18 Å². The highest BCUT2D eigenvalue weighted by molar-refractivity contribution is 5.63. The maximum Gasteiger partial charge on any atom is 0.422 e. The van der Waals surface area contributed by atoms with Crippen LogP contribution in [0.5, 0.6) is 0 Å². The monoisotopic (exact) mass is 259 g/mol. The summed E-state index contributed by atoms with van der Waals surface area (Å²) in [6.45, 7) is 0. The maximum absolute atomic E-state index is 13.3. The molecule has 0 aliphatic rings. The van der Waals surface area contributed by atoms with Crippen LogP contribution in [-0.4, -0.2) is 4.98 Å². The van der Waals surface area contributed by atoms with E-state index < -0.39 is 23.4 Å². The Morgan fingerprint density at radius 1 is 0.944 bits per heavy atom. The molecule has 1 heterocycles. The first-order valence-corrected chi connectivity index (χ1v) is 4.86. The van der Waals surface area contributed by atoms with Crippen LogP contribution in [0, 0.1) is 11.6 Å². The van der Waals surface area contributed by atoms with Crippen LogP contribution in [0.3, 0.4) is 0 Å². The van der Waals surface area contributed by atoms with E-state index in [4.69, 9.17) is 0 Å². The minimum atomic E-state index is -5.05. The molecule has 94 valence electrons. The molecular formula is C12H6F5N. The molecule has 6 heteroatoms. The number of aromatic nitrogens is 1. The normalized spacial score (nSPS) is 11.6. The van der Waals surface area contributed by atoms with E-state index in [0.717, 1.165) is 0 Å². The Kier molecular flexibility index (Phi) is 3.02. The van der Waals surface area contributed by atoms with Crippen LogP contribution in [-0.2, 0) is 6.18 Å². The summed E-state index contributed by atoms with van der Waals surface area (Å²) in [5, 5.41) is 0. The number of hydrogen-bond acceptors (Lipinski definition) is 1. The number of nitrogens with zero attached hydrogens (tertiary/aromatic N) is 1. The summed E-state index contributed by atoms with van der Waals surface area (Å²) in [6.07, 6.45) is -2.30. The van der Waals surface area contributed by atoms with Crippen LogP contribution in [0.2, 0.25) is 0 Å². The van der Waals surface area contributed by atoms with Crippen molar-refractivity contribution in [2.45, 2.75) is 6.18 Å². The van der Waals surface area contributed by atoms with Crippen molar-refractivity contribution in [1.82, 2.24) is 4.98 Å². The van der Waals surface area contributed by atoms with Gasteiger partial charge in [-0.05, 0) is 23.8 Å². The highest BCUT2D eigenvalue weighted by atomic mass is 19.4. The third-order valence-corrected chi connectivity index (χ3v) is 2.32. The van der Waals surface area contributed by atoms with Crippen molar-refractivity contribution in [1.29, 1.82) is 0 Å². The van der Waals surface area contributed by atoms with Crippen LogP contribution in [0.25, 0.3) is 11.1 Å². The van der Waals surface area contributed by atoms with E-state index in [-0.39, 0.29) is 5.56 Å². The SMILES string of the molecule is Fc1cc(-c2cccnc2)cc(F)c1C(F)(F)F. The average molecular weight is 259 g/mol. The van der Waals surface area contributed by atoms with Crippen molar-refractivity contribution in [3.05, 3.63) is 53.9 Å². The van der Waals surface area contributed by atoms with Gasteiger partial charge in [0.1, 0.15) is 17.2 Å². The first kappa shape index (κ1) is 12.5. The third-order valence-electron chi connectivity index (χ3n) is 2.32. The summed E-state index contributed by atoms with van der Waals surface area (Å²) in [5.74, 6) is -3.28. The lowest BCUT2D eigenvalue weighted by atomic mass is 10.0. The van der Waals surface area contributed by atoms with Crippen LogP contribution >= 0.6 is 0 Å². The van der Waals surface area contributed by atoms with Gasteiger partial charge in [0.2, 0.25) is 0 Å². The second-order valence-electron chi connectivity index (χ2n) is 3.55. The predicted molar refractivity (Wildman–Crippen MR) is 54.6 cm³/mol. The van der Waals surface area contributed by atoms with Crippen molar-refractivity contribution in [2.24, 2.45) is 0 Å². The zero-order chi connectivity index (χ0) is 13.3. The molecule has 0 aliphatic heterocycles. The molecule has 2 aromatic rings. The van der Waals surface area contributed by atoms with Gasteiger partial charge in [0, 0.05) is 18.0 Å². The second-order valence-corrected chi connectivity index (χ2v) is 3.55. The Balaban J connectivity index is 2.57. The van der Waals surface area contributed by atoms with Gasteiger partial charge < -0.3 is 0 Å². The molecule has 0 aliphatic carbocycles. The lowest BCUT2D eigenvalue weighted by Gasteiger charge is -2.11. The van der Waals surface area contributed by atoms with Crippen LogP contribution in [0.4, 0.5) is 22.0 Å². The second kappa shape index (κ2) is 4.36. The molecule has 0 unspecified atom stereocenters. The fourth-order valence-corrected chi connectivity index (χ4v) is 1.54. The lowest BCUT2D eigenvalue weighted by molar-refractivity contribution is -0.142. The summed E-state index contributed by atoms with van der Waals surface area (Å²) < 4.78 is 63.7. The molecule has 2 rings (SSSR count). The molecule has 0 saturated heterocycles. The smallest absolute Gasteiger partial charge is 0.264 e. The molecule has 0 atom stereocenters. The topological polar surface area (TPSA) is 12.9 Å². The number of halogens is 5. The van der Waals surface area contributed by atoms with E-state index >= 15 is 0 Å². The molecule has 0 saturated carbocycles. The summed E-state index contributed by atoms with van der Waals surface area (Å²) in [6, 6.07) is 4.29. The van der Waals surface area contributed by atoms with Crippen molar-refractivity contribution in [3.63, 3.8) is 0 Å². The maximum atomic E-state index is 13.3. The third kappa shape index (κ3) is 2.32. The number of hydrogen-bond donors (Lipinski definition) is 0. The lowest BCUT2D eigenvalue weighted by Crippen LogP contribution is -2.11. The Labute approximate surface area is 98.9 Å².